The molecular weight excluding hydrogens is 369 g/mol. The number of hydrogen-bond acceptors (Lipinski definition) is 4. The van der Waals surface area contributed by atoms with Crippen LogP contribution in [-0.2, 0) is 6.42 Å². The maximum atomic E-state index is 13.1. The molecule has 0 radical (unpaired) electrons. The highest BCUT2D eigenvalue weighted by molar-refractivity contribution is 5.80. The molecule has 1 saturated heterocycles. The number of oxazole rings is 1. The molecule has 1 aliphatic rings. The van der Waals surface area contributed by atoms with Gasteiger partial charge in [-0.3, -0.25) is 4.99 Å². The van der Waals surface area contributed by atoms with Gasteiger partial charge in [0.25, 0.3) is 0 Å². The fourth-order valence-electron chi connectivity index (χ4n) is 3.50. The Morgan fingerprint density at radius 1 is 1.28 bits per heavy atom. The SMILES string of the molecule is CCNC(=NCCc1coc(-c2ccc(F)cc2)n1)NC1CCN(C(C)C)CC1. The maximum absolute atomic E-state index is 13.1. The molecule has 1 aliphatic heterocycles. The van der Waals surface area contributed by atoms with Crippen LogP contribution in [0.5, 0.6) is 0 Å². The van der Waals surface area contributed by atoms with Crippen LogP contribution in [0.25, 0.3) is 11.5 Å². The fourth-order valence-corrected chi connectivity index (χ4v) is 3.50. The Hall–Kier alpha value is -2.41. The molecule has 1 aromatic heterocycles. The van der Waals surface area contributed by atoms with Gasteiger partial charge in [0.1, 0.15) is 12.1 Å². The van der Waals surface area contributed by atoms with Crippen molar-refractivity contribution in [3.8, 4) is 11.5 Å². The molecule has 29 heavy (non-hydrogen) atoms. The molecule has 3 rings (SSSR count). The molecule has 2 N–H and O–H groups in total. The molecule has 2 aromatic rings. The highest BCUT2D eigenvalue weighted by Crippen LogP contribution is 2.19. The summed E-state index contributed by atoms with van der Waals surface area (Å²) in [6.45, 7) is 10.3. The van der Waals surface area contributed by atoms with E-state index in [1.807, 2.05) is 0 Å². The van der Waals surface area contributed by atoms with Crippen molar-refractivity contribution < 1.29 is 8.81 Å². The highest BCUT2D eigenvalue weighted by Gasteiger charge is 2.21. The first-order valence-electron chi connectivity index (χ1n) is 10.5. The molecule has 1 fully saturated rings. The molecule has 0 atom stereocenters. The molecule has 0 unspecified atom stereocenters. The second-order valence-electron chi connectivity index (χ2n) is 7.71. The van der Waals surface area contributed by atoms with Crippen molar-refractivity contribution in [1.29, 1.82) is 0 Å². The lowest BCUT2D eigenvalue weighted by molar-refractivity contribution is 0.167. The predicted molar refractivity (Wildman–Crippen MR) is 114 cm³/mol. The van der Waals surface area contributed by atoms with E-state index >= 15 is 0 Å². The summed E-state index contributed by atoms with van der Waals surface area (Å²) < 4.78 is 18.6. The van der Waals surface area contributed by atoms with Crippen LogP contribution in [0.1, 0.15) is 39.3 Å². The normalized spacial score (nSPS) is 16.4. The van der Waals surface area contributed by atoms with Gasteiger partial charge in [-0.15, -0.1) is 0 Å². The van der Waals surface area contributed by atoms with Crippen molar-refractivity contribution in [3.05, 3.63) is 42.0 Å². The Morgan fingerprint density at radius 3 is 2.66 bits per heavy atom. The summed E-state index contributed by atoms with van der Waals surface area (Å²) in [6.07, 6.45) is 4.60. The number of nitrogens with one attached hydrogen (secondary N) is 2. The molecule has 0 aliphatic carbocycles. The third-order valence-electron chi connectivity index (χ3n) is 5.23. The predicted octanol–water partition coefficient (Wildman–Crippen LogP) is 3.45. The van der Waals surface area contributed by atoms with Crippen molar-refractivity contribution in [1.82, 2.24) is 20.5 Å². The number of likely N-dealkylation sites (tertiary alicyclic amines) is 1. The number of benzene rings is 1. The number of halogens is 1. The van der Waals surface area contributed by atoms with Crippen molar-refractivity contribution in [3.63, 3.8) is 0 Å². The third-order valence-corrected chi connectivity index (χ3v) is 5.23. The fraction of sp³-hybridized carbons (Fsp3) is 0.545. The average molecular weight is 402 g/mol. The van der Waals surface area contributed by atoms with Gasteiger partial charge in [-0.1, -0.05) is 0 Å². The summed E-state index contributed by atoms with van der Waals surface area (Å²) in [6, 6.07) is 7.22. The number of guanidine groups is 1. The number of hydrogen-bond donors (Lipinski definition) is 2. The summed E-state index contributed by atoms with van der Waals surface area (Å²) in [5.41, 5.74) is 1.61. The Labute approximate surface area is 172 Å². The molecule has 6 nitrogen and oxygen atoms in total. The van der Waals surface area contributed by atoms with Crippen LogP contribution in [0, 0.1) is 5.82 Å². The van der Waals surface area contributed by atoms with E-state index < -0.39 is 0 Å². The Balaban J connectivity index is 1.51. The summed E-state index contributed by atoms with van der Waals surface area (Å²) in [7, 11) is 0. The van der Waals surface area contributed by atoms with Gasteiger partial charge in [-0.2, -0.15) is 0 Å². The molecule has 2 heterocycles. The molecule has 158 valence electrons. The second kappa shape index (κ2) is 10.4. The smallest absolute Gasteiger partial charge is 0.226 e. The van der Waals surface area contributed by atoms with E-state index in [2.05, 4.69) is 41.3 Å². The van der Waals surface area contributed by atoms with E-state index in [-0.39, 0.29) is 5.82 Å². The summed E-state index contributed by atoms with van der Waals surface area (Å²) in [5.74, 6) is 1.09. The monoisotopic (exact) mass is 401 g/mol. The summed E-state index contributed by atoms with van der Waals surface area (Å²) in [4.78, 5) is 11.7. The van der Waals surface area contributed by atoms with Gasteiger partial charge in [0, 0.05) is 50.2 Å². The Morgan fingerprint density at radius 2 is 2.00 bits per heavy atom. The Bertz CT molecular complexity index is 779. The van der Waals surface area contributed by atoms with E-state index in [4.69, 9.17) is 9.41 Å². The van der Waals surface area contributed by atoms with Gasteiger partial charge in [-0.25, -0.2) is 9.37 Å². The summed E-state index contributed by atoms with van der Waals surface area (Å²) >= 11 is 0. The molecule has 0 bridgehead atoms. The van der Waals surface area contributed by atoms with E-state index in [1.165, 1.54) is 12.1 Å². The first-order valence-corrected chi connectivity index (χ1v) is 10.5. The molecule has 0 amide bonds. The summed E-state index contributed by atoms with van der Waals surface area (Å²) in [5, 5.41) is 6.90. The molecule has 1 aromatic carbocycles. The van der Waals surface area contributed by atoms with Gasteiger partial charge in [0.2, 0.25) is 5.89 Å². The molecular formula is C22H32FN5O. The van der Waals surface area contributed by atoms with Crippen molar-refractivity contribution in [2.24, 2.45) is 4.99 Å². The zero-order chi connectivity index (χ0) is 20.6. The quantitative estimate of drug-likeness (QED) is 0.550. The minimum Gasteiger partial charge on any atom is -0.444 e. The van der Waals surface area contributed by atoms with E-state index in [1.54, 1.807) is 18.4 Å². The minimum absolute atomic E-state index is 0.270. The van der Waals surface area contributed by atoms with Crippen molar-refractivity contribution >= 4 is 5.96 Å². The van der Waals surface area contributed by atoms with Gasteiger partial charge >= 0.3 is 0 Å². The number of aromatic nitrogens is 1. The molecule has 0 saturated carbocycles. The van der Waals surface area contributed by atoms with Gasteiger partial charge in [0.05, 0.1) is 5.69 Å². The Kier molecular flexibility index (Phi) is 7.63. The van der Waals surface area contributed by atoms with Crippen LogP contribution in [0.4, 0.5) is 4.39 Å². The van der Waals surface area contributed by atoms with Crippen LogP contribution < -0.4 is 10.6 Å². The zero-order valence-electron chi connectivity index (χ0n) is 17.6. The van der Waals surface area contributed by atoms with Gasteiger partial charge < -0.3 is 20.0 Å². The highest BCUT2D eigenvalue weighted by atomic mass is 19.1. The maximum Gasteiger partial charge on any atom is 0.226 e. The van der Waals surface area contributed by atoms with Crippen LogP contribution in [0.2, 0.25) is 0 Å². The van der Waals surface area contributed by atoms with Crippen LogP contribution in [0.3, 0.4) is 0 Å². The van der Waals surface area contributed by atoms with Crippen molar-refractivity contribution in [2.75, 3.05) is 26.2 Å². The number of aliphatic imine (C=N–C) groups is 1. The average Bonchev–Trinajstić information content (AvgIpc) is 3.18. The zero-order valence-corrected chi connectivity index (χ0v) is 17.6. The van der Waals surface area contributed by atoms with E-state index in [0.29, 0.717) is 30.9 Å². The standard InChI is InChI=1S/C22H32FN5O/c1-4-24-22(27-19-10-13-28(14-11-19)16(2)3)25-12-9-20-15-29-21(26-20)17-5-7-18(23)8-6-17/h5-8,15-16,19H,4,9-14H2,1-3H3,(H2,24,25,27). The lowest BCUT2D eigenvalue weighted by Crippen LogP contribution is -2.49. The largest absolute Gasteiger partial charge is 0.444 e. The third kappa shape index (κ3) is 6.29. The van der Waals surface area contributed by atoms with E-state index in [9.17, 15) is 4.39 Å². The lowest BCUT2D eigenvalue weighted by Gasteiger charge is -2.35. The van der Waals surface area contributed by atoms with Gasteiger partial charge in [0.15, 0.2) is 5.96 Å². The molecule has 7 heteroatoms. The second-order valence-corrected chi connectivity index (χ2v) is 7.71. The lowest BCUT2D eigenvalue weighted by atomic mass is 10.0. The van der Waals surface area contributed by atoms with Gasteiger partial charge in [-0.05, 0) is 57.9 Å². The topological polar surface area (TPSA) is 65.7 Å². The van der Waals surface area contributed by atoms with E-state index in [0.717, 1.165) is 49.7 Å². The number of nitrogens with zero attached hydrogens (tertiary/aromatic N) is 3. The minimum atomic E-state index is -0.270. The molecule has 0 spiro atoms. The first kappa shape index (κ1) is 21.3. The van der Waals surface area contributed by atoms with Crippen LogP contribution in [0.15, 0.2) is 39.9 Å². The van der Waals surface area contributed by atoms with Crippen molar-refractivity contribution in [2.45, 2.75) is 52.1 Å². The number of piperidine rings is 1. The number of rotatable bonds is 7. The first-order chi connectivity index (χ1) is 14.0. The van der Waals surface area contributed by atoms with Crippen LogP contribution in [-0.4, -0.2) is 54.1 Å². The van der Waals surface area contributed by atoms with Crippen LogP contribution >= 0.6 is 0 Å².